The number of nitrogens with one attached hydrogen (secondary N) is 1. The number of aromatic nitrogens is 2. The maximum Gasteiger partial charge on any atom is 0.122 e. The molecular weight excluding hydrogens is 258 g/mol. The highest BCUT2D eigenvalue weighted by atomic mass is 35.5. The molecule has 1 aromatic carbocycles. The van der Waals surface area contributed by atoms with Crippen molar-refractivity contribution < 1.29 is 0 Å². The quantitative estimate of drug-likeness (QED) is 0.820. The van der Waals surface area contributed by atoms with E-state index in [9.17, 15) is 0 Å². The lowest BCUT2D eigenvalue weighted by molar-refractivity contribution is 0.615. The van der Waals surface area contributed by atoms with Crippen molar-refractivity contribution >= 4 is 11.6 Å². The first-order chi connectivity index (χ1) is 9.20. The van der Waals surface area contributed by atoms with Gasteiger partial charge in [-0.05, 0) is 37.1 Å². The van der Waals surface area contributed by atoms with Crippen LogP contribution in [0.1, 0.15) is 30.3 Å². The van der Waals surface area contributed by atoms with E-state index < -0.39 is 0 Å². The largest absolute Gasteiger partial charge is 0.329 e. The van der Waals surface area contributed by atoms with Crippen molar-refractivity contribution in [2.24, 2.45) is 0 Å². The molecule has 0 saturated heterocycles. The Morgan fingerprint density at radius 1 is 1.37 bits per heavy atom. The highest BCUT2D eigenvalue weighted by Crippen LogP contribution is 2.19. The summed E-state index contributed by atoms with van der Waals surface area (Å²) in [7, 11) is 0. The minimum absolute atomic E-state index is 0.766. The van der Waals surface area contributed by atoms with Crippen LogP contribution in [0, 0.1) is 6.92 Å². The monoisotopic (exact) mass is 277 g/mol. The Bertz CT molecular complexity index is 534. The molecule has 0 atom stereocenters. The minimum atomic E-state index is 0.766. The third-order valence-electron chi connectivity index (χ3n) is 3.06. The van der Waals surface area contributed by atoms with Gasteiger partial charge in [0.15, 0.2) is 0 Å². The van der Waals surface area contributed by atoms with Crippen LogP contribution in [0.3, 0.4) is 0 Å². The zero-order valence-electron chi connectivity index (χ0n) is 11.5. The van der Waals surface area contributed by atoms with Gasteiger partial charge in [-0.2, -0.15) is 0 Å². The van der Waals surface area contributed by atoms with Crippen LogP contribution in [-0.4, -0.2) is 16.1 Å². The summed E-state index contributed by atoms with van der Waals surface area (Å²) in [5, 5.41) is 4.19. The first-order valence-corrected chi connectivity index (χ1v) is 7.04. The summed E-state index contributed by atoms with van der Waals surface area (Å²) in [6, 6.07) is 6.18. The van der Waals surface area contributed by atoms with Crippen molar-refractivity contribution in [2.45, 2.75) is 33.4 Å². The van der Waals surface area contributed by atoms with E-state index in [0.29, 0.717) is 0 Å². The predicted octanol–water partition coefficient (Wildman–Crippen LogP) is 3.39. The molecule has 2 rings (SSSR count). The molecule has 1 heterocycles. The number of hydrogen-bond donors (Lipinski definition) is 1. The van der Waals surface area contributed by atoms with Crippen molar-refractivity contribution in [1.82, 2.24) is 14.9 Å². The van der Waals surface area contributed by atoms with E-state index in [1.165, 1.54) is 5.56 Å². The Morgan fingerprint density at radius 3 is 2.95 bits per heavy atom. The molecule has 0 fully saturated rings. The molecule has 0 radical (unpaired) electrons. The maximum absolute atomic E-state index is 6.28. The molecular formula is C15H20ClN3. The van der Waals surface area contributed by atoms with Crippen LogP contribution >= 0.6 is 11.6 Å². The molecule has 0 amide bonds. The zero-order chi connectivity index (χ0) is 13.7. The van der Waals surface area contributed by atoms with Gasteiger partial charge < -0.3 is 9.88 Å². The Morgan fingerprint density at radius 2 is 2.21 bits per heavy atom. The van der Waals surface area contributed by atoms with Crippen molar-refractivity contribution in [1.29, 1.82) is 0 Å². The third kappa shape index (κ3) is 3.82. The van der Waals surface area contributed by atoms with Gasteiger partial charge >= 0.3 is 0 Å². The fraction of sp³-hybridized carbons (Fsp3) is 0.400. The first-order valence-electron chi connectivity index (χ1n) is 6.66. The second kappa shape index (κ2) is 6.73. The molecule has 1 aromatic heterocycles. The summed E-state index contributed by atoms with van der Waals surface area (Å²) in [5.74, 6) is 1.05. The van der Waals surface area contributed by atoms with Gasteiger partial charge in [0, 0.05) is 17.4 Å². The third-order valence-corrected chi connectivity index (χ3v) is 3.41. The first kappa shape index (κ1) is 14.1. The Hall–Kier alpha value is -1.32. The fourth-order valence-corrected chi connectivity index (χ4v) is 2.29. The molecule has 0 bridgehead atoms. The Labute approximate surface area is 119 Å². The molecule has 0 aliphatic heterocycles. The van der Waals surface area contributed by atoms with Gasteiger partial charge in [-0.15, -0.1) is 0 Å². The molecule has 3 nitrogen and oxygen atoms in total. The van der Waals surface area contributed by atoms with E-state index in [2.05, 4.69) is 33.9 Å². The number of nitrogens with zero attached hydrogens (tertiary/aromatic N) is 2. The summed E-state index contributed by atoms with van der Waals surface area (Å²) in [5.41, 5.74) is 2.31. The zero-order valence-corrected chi connectivity index (χ0v) is 12.2. The van der Waals surface area contributed by atoms with E-state index in [0.717, 1.165) is 42.5 Å². The van der Waals surface area contributed by atoms with Crippen LogP contribution in [0.25, 0.3) is 0 Å². The molecule has 0 saturated carbocycles. The predicted molar refractivity (Wildman–Crippen MR) is 79.5 cm³/mol. The molecule has 1 N–H and O–H groups in total. The highest BCUT2D eigenvalue weighted by Gasteiger charge is 2.06. The topological polar surface area (TPSA) is 29.9 Å². The van der Waals surface area contributed by atoms with Crippen molar-refractivity contribution in [3.05, 3.63) is 52.6 Å². The second-order valence-electron chi connectivity index (χ2n) is 4.74. The van der Waals surface area contributed by atoms with Crippen LogP contribution < -0.4 is 5.32 Å². The molecule has 4 heteroatoms. The average Bonchev–Trinajstić information content (AvgIpc) is 2.81. The van der Waals surface area contributed by atoms with Gasteiger partial charge in [-0.1, -0.05) is 30.7 Å². The summed E-state index contributed by atoms with van der Waals surface area (Å²) in [6.45, 7) is 6.78. The van der Waals surface area contributed by atoms with Crippen LogP contribution in [0.4, 0.5) is 0 Å². The summed E-state index contributed by atoms with van der Waals surface area (Å²) in [4.78, 5) is 4.39. The van der Waals surface area contributed by atoms with Gasteiger partial charge in [-0.3, -0.25) is 0 Å². The van der Waals surface area contributed by atoms with E-state index in [1.807, 2.05) is 25.4 Å². The van der Waals surface area contributed by atoms with Crippen LogP contribution in [-0.2, 0) is 13.1 Å². The smallest absolute Gasteiger partial charge is 0.122 e. The van der Waals surface area contributed by atoms with Crippen molar-refractivity contribution in [2.75, 3.05) is 6.54 Å². The van der Waals surface area contributed by atoms with E-state index >= 15 is 0 Å². The number of aryl methyl sites for hydroxylation is 1. The van der Waals surface area contributed by atoms with E-state index in [1.54, 1.807) is 0 Å². The number of halogens is 1. The molecule has 0 spiro atoms. The normalized spacial score (nSPS) is 10.9. The average molecular weight is 278 g/mol. The van der Waals surface area contributed by atoms with Gasteiger partial charge in [0.25, 0.3) is 0 Å². The molecule has 19 heavy (non-hydrogen) atoms. The fourth-order valence-electron chi connectivity index (χ4n) is 1.99. The van der Waals surface area contributed by atoms with Crippen LogP contribution in [0.15, 0.2) is 30.6 Å². The summed E-state index contributed by atoms with van der Waals surface area (Å²) < 4.78 is 2.14. The standard InChI is InChI=1S/C15H20ClN3/c1-3-6-17-10-15-18-7-8-19(15)11-13-5-4-12(2)9-14(13)16/h4-5,7-9,17H,3,6,10-11H2,1-2H3. The highest BCUT2D eigenvalue weighted by molar-refractivity contribution is 6.31. The molecule has 0 unspecified atom stereocenters. The van der Waals surface area contributed by atoms with Crippen molar-refractivity contribution in [3.8, 4) is 0 Å². The summed E-state index contributed by atoms with van der Waals surface area (Å²) >= 11 is 6.28. The molecule has 2 aromatic rings. The number of imidazole rings is 1. The van der Waals surface area contributed by atoms with Gasteiger partial charge in [0.2, 0.25) is 0 Å². The van der Waals surface area contributed by atoms with Gasteiger partial charge in [-0.25, -0.2) is 4.98 Å². The molecule has 0 aliphatic rings. The van der Waals surface area contributed by atoms with Crippen LogP contribution in [0.2, 0.25) is 5.02 Å². The molecule has 102 valence electrons. The number of benzene rings is 1. The minimum Gasteiger partial charge on any atom is -0.329 e. The summed E-state index contributed by atoms with van der Waals surface area (Å²) in [6.07, 6.45) is 4.97. The Kier molecular flexibility index (Phi) is 5.00. The number of rotatable bonds is 6. The van der Waals surface area contributed by atoms with E-state index in [4.69, 9.17) is 11.6 Å². The lowest BCUT2D eigenvalue weighted by Crippen LogP contribution is -2.18. The van der Waals surface area contributed by atoms with Gasteiger partial charge in [0.05, 0.1) is 13.1 Å². The maximum atomic E-state index is 6.28. The van der Waals surface area contributed by atoms with Crippen molar-refractivity contribution in [3.63, 3.8) is 0 Å². The van der Waals surface area contributed by atoms with E-state index in [-0.39, 0.29) is 0 Å². The SMILES string of the molecule is CCCNCc1nccn1Cc1ccc(C)cc1Cl. The second-order valence-corrected chi connectivity index (χ2v) is 5.15. The number of hydrogen-bond acceptors (Lipinski definition) is 2. The van der Waals surface area contributed by atoms with Gasteiger partial charge in [0.1, 0.15) is 5.82 Å². The lowest BCUT2D eigenvalue weighted by Gasteiger charge is -2.10. The molecule has 0 aliphatic carbocycles. The Balaban J connectivity index is 2.08. The lowest BCUT2D eigenvalue weighted by atomic mass is 10.1. The van der Waals surface area contributed by atoms with Crippen LogP contribution in [0.5, 0.6) is 0 Å².